The zero-order valence-corrected chi connectivity index (χ0v) is 9.25. The van der Waals surface area contributed by atoms with E-state index >= 15 is 0 Å². The molecule has 0 aliphatic rings. The zero-order valence-electron chi connectivity index (χ0n) is 9.25. The first-order valence-corrected chi connectivity index (χ1v) is 4.82. The van der Waals surface area contributed by atoms with Gasteiger partial charge in [-0.3, -0.25) is 14.9 Å². The van der Waals surface area contributed by atoms with Gasteiger partial charge in [-0.15, -0.1) is 0 Å². The number of nitro benzene ring substituents is 1. The van der Waals surface area contributed by atoms with E-state index in [-0.39, 0.29) is 23.8 Å². The number of hydrogen-bond acceptors (Lipinski definition) is 5. The lowest BCUT2D eigenvalue weighted by Gasteiger charge is -1.98. The van der Waals surface area contributed by atoms with Gasteiger partial charge in [-0.05, 0) is 11.6 Å². The number of benzene rings is 1. The molecule has 90 valence electrons. The Bertz CT molecular complexity index is 469. The molecule has 1 aromatic carbocycles. The van der Waals surface area contributed by atoms with Crippen LogP contribution in [0.1, 0.15) is 12.0 Å². The lowest BCUT2D eigenvalue weighted by atomic mass is 10.1. The Labute approximate surface area is 97.8 Å². The Balaban J connectivity index is 2.82. The van der Waals surface area contributed by atoms with E-state index in [0.717, 1.165) is 0 Å². The molecule has 0 amide bonds. The first-order valence-electron chi connectivity index (χ1n) is 4.82. The minimum absolute atomic E-state index is 0.111. The van der Waals surface area contributed by atoms with Crippen LogP contribution >= 0.6 is 0 Å². The molecule has 6 heteroatoms. The van der Waals surface area contributed by atoms with Gasteiger partial charge in [-0.1, -0.05) is 18.2 Å². The highest BCUT2D eigenvalue weighted by Crippen LogP contribution is 2.22. The van der Waals surface area contributed by atoms with Crippen LogP contribution in [0.25, 0.3) is 6.08 Å². The molecule has 2 N–H and O–H groups in total. The standard InChI is InChI=1S/C11H12N2O4/c1-17-11(14)4-2-3-8-5-6-9(12)10(7-8)13(15)16/h2-3,5-7H,4,12H2,1H3. The maximum absolute atomic E-state index is 10.8. The van der Waals surface area contributed by atoms with E-state index in [4.69, 9.17) is 5.73 Å². The van der Waals surface area contributed by atoms with Crippen molar-refractivity contribution in [1.82, 2.24) is 0 Å². The minimum atomic E-state index is -0.549. The van der Waals surface area contributed by atoms with Crippen molar-refractivity contribution in [1.29, 1.82) is 0 Å². The lowest BCUT2D eigenvalue weighted by Crippen LogP contribution is -1.97. The molecule has 0 fully saturated rings. The molecule has 0 unspecified atom stereocenters. The largest absolute Gasteiger partial charge is 0.469 e. The third-order valence-electron chi connectivity index (χ3n) is 2.07. The molecule has 0 aromatic heterocycles. The summed E-state index contributed by atoms with van der Waals surface area (Å²) in [5, 5.41) is 10.6. The molecule has 0 radical (unpaired) electrons. The number of ether oxygens (including phenoxy) is 1. The first kappa shape index (κ1) is 12.7. The van der Waals surface area contributed by atoms with Gasteiger partial charge in [0.2, 0.25) is 0 Å². The van der Waals surface area contributed by atoms with Crippen molar-refractivity contribution in [2.24, 2.45) is 0 Å². The monoisotopic (exact) mass is 236 g/mol. The number of carbonyl (C=O) groups is 1. The molecule has 6 nitrogen and oxygen atoms in total. The summed E-state index contributed by atoms with van der Waals surface area (Å²) in [6, 6.07) is 4.44. The zero-order chi connectivity index (χ0) is 12.8. The van der Waals surface area contributed by atoms with Crippen LogP contribution in [0.3, 0.4) is 0 Å². The lowest BCUT2D eigenvalue weighted by molar-refractivity contribution is -0.383. The third-order valence-corrected chi connectivity index (χ3v) is 2.07. The molecule has 17 heavy (non-hydrogen) atoms. The van der Waals surface area contributed by atoms with Gasteiger partial charge >= 0.3 is 5.97 Å². The number of rotatable bonds is 4. The van der Waals surface area contributed by atoms with Crippen LogP contribution in [0.2, 0.25) is 0 Å². The summed E-state index contributed by atoms with van der Waals surface area (Å²) in [5.41, 5.74) is 6.02. The molecule has 0 spiro atoms. The molecule has 0 saturated heterocycles. The van der Waals surface area contributed by atoms with Crippen molar-refractivity contribution < 1.29 is 14.5 Å². The Morgan fingerprint density at radius 3 is 2.88 bits per heavy atom. The maximum atomic E-state index is 10.8. The summed E-state index contributed by atoms with van der Waals surface area (Å²) in [6.45, 7) is 0. The summed E-state index contributed by atoms with van der Waals surface area (Å²) >= 11 is 0. The van der Waals surface area contributed by atoms with Crippen molar-refractivity contribution in [3.05, 3.63) is 40.0 Å². The maximum Gasteiger partial charge on any atom is 0.309 e. The van der Waals surface area contributed by atoms with E-state index in [1.807, 2.05) is 0 Å². The summed E-state index contributed by atoms with van der Waals surface area (Å²) in [5.74, 6) is -0.369. The van der Waals surface area contributed by atoms with Crippen molar-refractivity contribution >= 4 is 23.4 Å². The van der Waals surface area contributed by atoms with Gasteiger partial charge in [0.25, 0.3) is 5.69 Å². The third kappa shape index (κ3) is 3.60. The molecule has 0 heterocycles. The summed E-state index contributed by atoms with van der Waals surface area (Å²) in [4.78, 5) is 20.9. The predicted octanol–water partition coefficient (Wildman–Crippen LogP) is 1.75. The quantitative estimate of drug-likeness (QED) is 0.372. The summed E-state index contributed by atoms with van der Waals surface area (Å²) in [6.07, 6.45) is 3.29. The Hall–Kier alpha value is -2.37. The Kier molecular flexibility index (Phi) is 4.21. The van der Waals surface area contributed by atoms with Gasteiger partial charge in [0.15, 0.2) is 0 Å². The number of anilines is 1. The van der Waals surface area contributed by atoms with E-state index in [1.54, 1.807) is 18.2 Å². The molecular weight excluding hydrogens is 224 g/mol. The summed E-state index contributed by atoms with van der Waals surface area (Å²) < 4.78 is 4.45. The molecule has 0 atom stereocenters. The van der Waals surface area contributed by atoms with Gasteiger partial charge in [0.05, 0.1) is 18.5 Å². The fraction of sp³-hybridized carbons (Fsp3) is 0.182. The molecule has 0 aliphatic heterocycles. The highest BCUT2D eigenvalue weighted by molar-refractivity contribution is 5.73. The van der Waals surface area contributed by atoms with Crippen LogP contribution in [-0.4, -0.2) is 18.0 Å². The number of methoxy groups -OCH3 is 1. The normalized spacial score (nSPS) is 10.4. The van der Waals surface area contributed by atoms with Crippen molar-refractivity contribution in [2.45, 2.75) is 6.42 Å². The van der Waals surface area contributed by atoms with E-state index in [0.29, 0.717) is 5.56 Å². The molecule has 0 aliphatic carbocycles. The number of nitrogen functional groups attached to an aromatic ring is 1. The average Bonchev–Trinajstić information content (AvgIpc) is 2.30. The minimum Gasteiger partial charge on any atom is -0.469 e. The van der Waals surface area contributed by atoms with E-state index in [1.165, 1.54) is 19.2 Å². The van der Waals surface area contributed by atoms with Crippen molar-refractivity contribution in [2.75, 3.05) is 12.8 Å². The van der Waals surface area contributed by atoms with Gasteiger partial charge in [-0.2, -0.15) is 0 Å². The number of nitro groups is 1. The SMILES string of the molecule is COC(=O)CC=Cc1ccc(N)c([N+](=O)[O-])c1. The predicted molar refractivity (Wildman–Crippen MR) is 63.2 cm³/mol. The first-order chi connectivity index (χ1) is 8.04. The van der Waals surface area contributed by atoms with Gasteiger partial charge in [0.1, 0.15) is 5.69 Å². The number of hydrogen-bond donors (Lipinski definition) is 1. The molecular formula is C11H12N2O4. The van der Waals surface area contributed by atoms with Crippen molar-refractivity contribution in [3.63, 3.8) is 0 Å². The van der Waals surface area contributed by atoms with Gasteiger partial charge < -0.3 is 10.5 Å². The fourth-order valence-corrected chi connectivity index (χ4v) is 1.20. The topological polar surface area (TPSA) is 95.5 Å². The number of nitrogens with two attached hydrogens (primary N) is 1. The summed E-state index contributed by atoms with van der Waals surface area (Å²) in [7, 11) is 1.30. The smallest absolute Gasteiger partial charge is 0.309 e. The highest BCUT2D eigenvalue weighted by atomic mass is 16.6. The van der Waals surface area contributed by atoms with E-state index < -0.39 is 4.92 Å². The van der Waals surface area contributed by atoms with Crippen LogP contribution in [0.5, 0.6) is 0 Å². The number of esters is 1. The van der Waals surface area contributed by atoms with E-state index in [2.05, 4.69) is 4.74 Å². The Morgan fingerprint density at radius 2 is 2.29 bits per heavy atom. The molecule has 1 aromatic rings. The number of carbonyl (C=O) groups excluding carboxylic acids is 1. The molecule has 0 bridgehead atoms. The van der Waals surface area contributed by atoms with Crippen LogP contribution < -0.4 is 5.73 Å². The molecule has 0 saturated carbocycles. The fourth-order valence-electron chi connectivity index (χ4n) is 1.20. The van der Waals surface area contributed by atoms with Crippen LogP contribution in [0.15, 0.2) is 24.3 Å². The second-order valence-corrected chi connectivity index (χ2v) is 3.26. The number of nitrogens with zero attached hydrogens (tertiary/aromatic N) is 1. The molecule has 1 rings (SSSR count). The van der Waals surface area contributed by atoms with Gasteiger partial charge in [-0.25, -0.2) is 0 Å². The van der Waals surface area contributed by atoms with Crippen LogP contribution in [-0.2, 0) is 9.53 Å². The van der Waals surface area contributed by atoms with Crippen molar-refractivity contribution in [3.8, 4) is 0 Å². The van der Waals surface area contributed by atoms with Crippen LogP contribution in [0.4, 0.5) is 11.4 Å². The average molecular weight is 236 g/mol. The Morgan fingerprint density at radius 1 is 1.59 bits per heavy atom. The van der Waals surface area contributed by atoms with E-state index in [9.17, 15) is 14.9 Å². The second kappa shape index (κ2) is 5.64. The van der Waals surface area contributed by atoms with Crippen LogP contribution in [0, 0.1) is 10.1 Å². The highest BCUT2D eigenvalue weighted by Gasteiger charge is 2.10. The van der Waals surface area contributed by atoms with Gasteiger partial charge in [0, 0.05) is 6.07 Å². The second-order valence-electron chi connectivity index (χ2n) is 3.26.